The molecule has 0 aromatic heterocycles. The minimum atomic E-state index is -0.757. The molecule has 36 heavy (non-hydrogen) atoms. The van der Waals surface area contributed by atoms with Crippen molar-refractivity contribution < 1.29 is 19.2 Å². The van der Waals surface area contributed by atoms with Gasteiger partial charge in [0.05, 0.1) is 25.8 Å². The van der Waals surface area contributed by atoms with Gasteiger partial charge in [0.2, 0.25) is 0 Å². The Morgan fingerprint density at radius 2 is 1.97 bits per heavy atom. The Labute approximate surface area is 226 Å². The van der Waals surface area contributed by atoms with E-state index in [9.17, 15) is 20.2 Å². The van der Waals surface area contributed by atoms with Crippen molar-refractivity contribution in [3.8, 4) is 17.6 Å². The third-order valence-electron chi connectivity index (χ3n) is 5.05. The molecule has 0 spiro atoms. The molecule has 3 aromatic rings. The maximum Gasteiger partial charge on any atom is 0.271 e. The molecule has 0 aliphatic carbocycles. The number of carbonyl (C=O) groups excluding carboxylic acids is 1. The second-order valence-electron chi connectivity index (χ2n) is 7.52. The first-order chi connectivity index (χ1) is 17.2. The van der Waals surface area contributed by atoms with E-state index >= 15 is 0 Å². The van der Waals surface area contributed by atoms with Gasteiger partial charge in [-0.1, -0.05) is 35.9 Å². The average molecular weight is 618 g/mol. The lowest BCUT2D eigenvalue weighted by Gasteiger charge is -2.16. The number of halogens is 2. The van der Waals surface area contributed by atoms with Gasteiger partial charge in [-0.15, -0.1) is 0 Å². The Balaban J connectivity index is 1.88. The van der Waals surface area contributed by atoms with Gasteiger partial charge in [-0.3, -0.25) is 14.9 Å². The third-order valence-corrected chi connectivity index (χ3v) is 6.18. The van der Waals surface area contributed by atoms with Crippen LogP contribution in [0.3, 0.4) is 0 Å². The highest BCUT2D eigenvalue weighted by Crippen LogP contribution is 2.36. The number of amides is 1. The minimum absolute atomic E-state index is 0.0292. The highest BCUT2D eigenvalue weighted by molar-refractivity contribution is 14.1. The summed E-state index contributed by atoms with van der Waals surface area (Å²) >= 11 is 8.17. The minimum Gasteiger partial charge on any atom is -0.490 e. The van der Waals surface area contributed by atoms with E-state index in [1.54, 1.807) is 12.1 Å². The van der Waals surface area contributed by atoms with Crippen LogP contribution in [0.5, 0.6) is 11.5 Å². The van der Waals surface area contributed by atoms with E-state index in [1.165, 1.54) is 18.2 Å². The Hall–Kier alpha value is -3.62. The number of rotatable bonds is 9. The second kappa shape index (κ2) is 12.4. The first-order valence-corrected chi connectivity index (χ1v) is 12.2. The zero-order valence-corrected chi connectivity index (χ0v) is 22.3. The molecular formula is C26H21ClIN3O5. The summed E-state index contributed by atoms with van der Waals surface area (Å²) in [4.78, 5) is 23.2. The van der Waals surface area contributed by atoms with Gasteiger partial charge >= 0.3 is 0 Å². The molecule has 1 amide bonds. The number of nitriles is 1. The Bertz CT molecular complexity index is 1380. The third kappa shape index (κ3) is 6.74. The second-order valence-corrected chi connectivity index (χ2v) is 9.09. The molecule has 0 fully saturated rings. The zero-order valence-electron chi connectivity index (χ0n) is 19.4. The van der Waals surface area contributed by atoms with E-state index in [-0.39, 0.29) is 22.0 Å². The smallest absolute Gasteiger partial charge is 0.271 e. The molecule has 0 unspecified atom stereocenters. The van der Waals surface area contributed by atoms with Crippen molar-refractivity contribution in [2.75, 3.05) is 11.9 Å². The monoisotopic (exact) mass is 617 g/mol. The maximum absolute atomic E-state index is 12.7. The number of nitrogens with zero attached hydrogens (tertiary/aromatic N) is 2. The molecule has 8 nitrogen and oxygen atoms in total. The van der Waals surface area contributed by atoms with Gasteiger partial charge in [-0.2, -0.15) is 5.26 Å². The van der Waals surface area contributed by atoms with Crippen LogP contribution in [0, 0.1) is 31.9 Å². The Morgan fingerprint density at radius 1 is 1.22 bits per heavy atom. The summed E-state index contributed by atoms with van der Waals surface area (Å²) in [6, 6.07) is 16.9. The van der Waals surface area contributed by atoms with Crippen LogP contribution in [0.2, 0.25) is 5.02 Å². The van der Waals surface area contributed by atoms with Crippen LogP contribution in [0.15, 0.2) is 60.2 Å². The predicted molar refractivity (Wildman–Crippen MR) is 146 cm³/mol. The fourth-order valence-corrected chi connectivity index (χ4v) is 4.17. The summed E-state index contributed by atoms with van der Waals surface area (Å²) in [5, 5.41) is 23.2. The number of non-ortho nitro benzene ring substituents is 1. The highest BCUT2D eigenvalue weighted by Gasteiger charge is 2.17. The first-order valence-electron chi connectivity index (χ1n) is 10.7. The van der Waals surface area contributed by atoms with E-state index in [1.807, 2.05) is 44.2 Å². The van der Waals surface area contributed by atoms with E-state index in [0.717, 1.165) is 20.8 Å². The molecule has 0 aliphatic rings. The molecule has 0 saturated carbocycles. The van der Waals surface area contributed by atoms with Crippen LogP contribution in [-0.2, 0) is 11.4 Å². The average Bonchev–Trinajstić information content (AvgIpc) is 2.84. The number of anilines is 1. The van der Waals surface area contributed by atoms with Crippen molar-refractivity contribution in [2.24, 2.45) is 0 Å². The van der Waals surface area contributed by atoms with E-state index < -0.39 is 10.8 Å². The van der Waals surface area contributed by atoms with E-state index in [4.69, 9.17) is 21.1 Å². The molecule has 0 radical (unpaired) electrons. The number of benzene rings is 3. The van der Waals surface area contributed by atoms with Crippen molar-refractivity contribution in [2.45, 2.75) is 20.5 Å². The lowest BCUT2D eigenvalue weighted by molar-refractivity contribution is -0.384. The molecule has 10 heteroatoms. The SMILES string of the molecule is CCOc1cc(/C=C(\C#N)C(=O)Nc2cc([N+](=O)[O-])ccc2Cl)cc(I)c1OCc1ccccc1C. The first kappa shape index (κ1) is 27.0. The number of ether oxygens (including phenoxy) is 2. The molecule has 0 atom stereocenters. The quantitative estimate of drug-likeness (QED) is 0.0941. The van der Waals surface area contributed by atoms with Gasteiger partial charge in [0, 0.05) is 12.1 Å². The zero-order chi connectivity index (χ0) is 26.2. The van der Waals surface area contributed by atoms with Crippen molar-refractivity contribution in [1.29, 1.82) is 5.26 Å². The number of hydrogen-bond donors (Lipinski definition) is 1. The van der Waals surface area contributed by atoms with Crippen LogP contribution in [0.1, 0.15) is 23.6 Å². The number of hydrogen-bond acceptors (Lipinski definition) is 6. The van der Waals surface area contributed by atoms with Crippen LogP contribution in [0.4, 0.5) is 11.4 Å². The standard InChI is InChI=1S/C26H21ClIN3O5/c1-3-35-24-12-17(11-22(28)25(24)36-15-18-7-5-4-6-16(18)2)10-19(14-29)26(32)30-23-13-20(31(33)34)8-9-21(23)27/h4-13H,3,15H2,1-2H3,(H,30,32)/b19-10+. The summed E-state index contributed by atoms with van der Waals surface area (Å²) in [7, 11) is 0. The topological polar surface area (TPSA) is 114 Å². The van der Waals surface area contributed by atoms with Gasteiger partial charge in [0.15, 0.2) is 11.5 Å². The summed E-state index contributed by atoms with van der Waals surface area (Å²) < 4.78 is 12.6. The number of nitrogens with one attached hydrogen (secondary N) is 1. The molecular weight excluding hydrogens is 597 g/mol. The fraction of sp³-hybridized carbons (Fsp3) is 0.154. The van der Waals surface area contributed by atoms with Crippen molar-refractivity contribution in [1.82, 2.24) is 0 Å². The van der Waals surface area contributed by atoms with Crippen molar-refractivity contribution in [3.63, 3.8) is 0 Å². The number of aryl methyl sites for hydroxylation is 1. The molecule has 1 N–H and O–H groups in total. The summed E-state index contributed by atoms with van der Waals surface area (Å²) in [6.07, 6.45) is 1.40. The molecule has 3 rings (SSSR count). The number of nitro groups is 1. The number of nitro benzene ring substituents is 1. The largest absolute Gasteiger partial charge is 0.490 e. The molecule has 184 valence electrons. The van der Waals surface area contributed by atoms with Crippen LogP contribution < -0.4 is 14.8 Å². The lowest BCUT2D eigenvalue weighted by atomic mass is 10.1. The van der Waals surface area contributed by atoms with Gasteiger partial charge in [0.1, 0.15) is 18.2 Å². The lowest BCUT2D eigenvalue weighted by Crippen LogP contribution is -2.14. The predicted octanol–water partition coefficient (Wildman–Crippen LogP) is 6.68. The van der Waals surface area contributed by atoms with Crippen molar-refractivity contribution in [3.05, 3.63) is 95.6 Å². The summed E-state index contributed by atoms with van der Waals surface area (Å²) in [5.41, 5.74) is 2.27. The van der Waals surface area contributed by atoms with Gasteiger partial charge in [-0.25, -0.2) is 0 Å². The van der Waals surface area contributed by atoms with Crippen LogP contribution in [-0.4, -0.2) is 17.4 Å². The van der Waals surface area contributed by atoms with Gasteiger partial charge < -0.3 is 14.8 Å². The summed E-state index contributed by atoms with van der Waals surface area (Å²) in [5.74, 6) is 0.278. The Kier molecular flexibility index (Phi) is 9.27. The molecule has 0 saturated heterocycles. The normalized spacial score (nSPS) is 10.9. The number of carbonyl (C=O) groups is 1. The van der Waals surface area contributed by atoms with Gasteiger partial charge in [-0.05, 0) is 77.4 Å². The molecule has 0 bridgehead atoms. The van der Waals surface area contributed by atoms with E-state index in [2.05, 4.69) is 27.9 Å². The molecule has 3 aromatic carbocycles. The van der Waals surface area contributed by atoms with Crippen molar-refractivity contribution >= 4 is 57.5 Å². The summed E-state index contributed by atoms with van der Waals surface area (Å²) in [6.45, 7) is 4.60. The van der Waals surface area contributed by atoms with Crippen LogP contribution >= 0.6 is 34.2 Å². The molecule has 0 aliphatic heterocycles. The fourth-order valence-electron chi connectivity index (χ4n) is 3.22. The maximum atomic E-state index is 12.7. The Morgan fingerprint density at radius 3 is 2.64 bits per heavy atom. The van der Waals surface area contributed by atoms with Gasteiger partial charge in [0.25, 0.3) is 11.6 Å². The highest BCUT2D eigenvalue weighted by atomic mass is 127. The van der Waals surface area contributed by atoms with E-state index in [0.29, 0.717) is 30.3 Å². The molecule has 0 heterocycles. The van der Waals surface area contributed by atoms with Crippen LogP contribution in [0.25, 0.3) is 6.08 Å².